The first-order valence-electron chi connectivity index (χ1n) is 16.9. The maximum Gasteiger partial charge on any atom is 0.0137 e. The van der Waals surface area contributed by atoms with E-state index in [9.17, 15) is 0 Å². The Bertz CT molecular complexity index is 2790. The molecule has 48 heavy (non-hydrogen) atoms. The Hall–Kier alpha value is -5.98. The van der Waals surface area contributed by atoms with Gasteiger partial charge in [-0.1, -0.05) is 176 Å². The van der Waals surface area contributed by atoms with Crippen molar-refractivity contribution in [3.8, 4) is 11.1 Å². The highest BCUT2D eigenvalue weighted by atomic mass is 14.4. The maximum absolute atomic E-state index is 2.43. The van der Waals surface area contributed by atoms with E-state index in [0.29, 0.717) is 0 Å². The summed E-state index contributed by atoms with van der Waals surface area (Å²) in [7, 11) is 0. The molecule has 0 aliphatic heterocycles. The summed E-state index contributed by atoms with van der Waals surface area (Å²) in [6, 6.07) is 58.5. The van der Waals surface area contributed by atoms with Gasteiger partial charge in [-0.3, -0.25) is 0 Å². The molecule has 8 aromatic carbocycles. The van der Waals surface area contributed by atoms with Crippen LogP contribution in [0.5, 0.6) is 0 Å². The summed E-state index contributed by atoms with van der Waals surface area (Å²) < 4.78 is 0. The molecule has 0 bridgehead atoms. The van der Waals surface area contributed by atoms with Crippen molar-refractivity contribution in [1.82, 2.24) is 0 Å². The van der Waals surface area contributed by atoms with Gasteiger partial charge in [0.05, 0.1) is 0 Å². The molecule has 0 heterocycles. The Morgan fingerprint density at radius 1 is 0.292 bits per heavy atom. The molecule has 224 valence electrons. The van der Waals surface area contributed by atoms with Crippen LogP contribution >= 0.6 is 0 Å². The third kappa shape index (κ3) is 4.03. The van der Waals surface area contributed by atoms with Gasteiger partial charge in [-0.15, -0.1) is 0 Å². The van der Waals surface area contributed by atoms with E-state index in [1.807, 2.05) is 0 Å². The Kier molecular flexibility index (Phi) is 6.11. The number of allylic oxidation sites excluding steroid dienone is 4. The van der Waals surface area contributed by atoms with Gasteiger partial charge in [0, 0.05) is 11.8 Å². The van der Waals surface area contributed by atoms with Crippen LogP contribution in [0.25, 0.3) is 65.4 Å². The second-order valence-electron chi connectivity index (χ2n) is 13.1. The molecule has 2 unspecified atom stereocenters. The van der Waals surface area contributed by atoms with Crippen molar-refractivity contribution in [2.75, 3.05) is 0 Å². The van der Waals surface area contributed by atoms with Crippen molar-refractivity contribution in [3.05, 3.63) is 204 Å². The molecule has 0 saturated heterocycles. The molecule has 8 aromatic rings. The average molecular weight is 609 g/mol. The van der Waals surface area contributed by atoms with Crippen LogP contribution in [0.4, 0.5) is 0 Å². The van der Waals surface area contributed by atoms with E-state index >= 15 is 0 Å². The lowest BCUT2D eigenvalue weighted by Gasteiger charge is -2.34. The lowest BCUT2D eigenvalue weighted by molar-refractivity contribution is 0.687. The van der Waals surface area contributed by atoms with Crippen molar-refractivity contribution >= 4 is 54.2 Å². The molecule has 2 aliphatic carbocycles. The van der Waals surface area contributed by atoms with E-state index in [2.05, 4.69) is 182 Å². The Morgan fingerprint density at radius 3 is 1.44 bits per heavy atom. The van der Waals surface area contributed by atoms with Gasteiger partial charge in [-0.2, -0.15) is 0 Å². The number of hydrogen-bond donors (Lipinski definition) is 0. The topological polar surface area (TPSA) is 0 Å². The monoisotopic (exact) mass is 608 g/mol. The summed E-state index contributed by atoms with van der Waals surface area (Å²) in [4.78, 5) is 0. The van der Waals surface area contributed by atoms with Crippen molar-refractivity contribution in [2.45, 2.75) is 0 Å². The first-order valence-corrected chi connectivity index (χ1v) is 16.9. The van der Waals surface area contributed by atoms with Gasteiger partial charge in [0.25, 0.3) is 0 Å². The predicted molar refractivity (Wildman–Crippen MR) is 204 cm³/mol. The fraction of sp³-hybridized carbons (Fsp3) is 0.0417. The van der Waals surface area contributed by atoms with Crippen LogP contribution in [0.1, 0.15) is 11.1 Å². The summed E-state index contributed by atoms with van der Waals surface area (Å²) in [6.45, 7) is 0. The van der Waals surface area contributed by atoms with E-state index in [1.54, 1.807) is 0 Å². The summed E-state index contributed by atoms with van der Waals surface area (Å²) in [5.74, 6) is 0.447. The molecule has 2 atom stereocenters. The Morgan fingerprint density at radius 2 is 0.750 bits per heavy atom. The molecule has 2 aliphatic rings. The maximum atomic E-state index is 2.43. The third-order valence-electron chi connectivity index (χ3n) is 10.7. The van der Waals surface area contributed by atoms with Crippen molar-refractivity contribution < 1.29 is 0 Å². The summed E-state index contributed by atoms with van der Waals surface area (Å²) >= 11 is 0. The average Bonchev–Trinajstić information content (AvgIpc) is 3.16. The van der Waals surface area contributed by atoms with E-state index < -0.39 is 0 Å². The second-order valence-corrected chi connectivity index (χ2v) is 13.1. The summed E-state index contributed by atoms with van der Waals surface area (Å²) in [6.07, 6.45) is 9.34. The lowest BCUT2D eigenvalue weighted by Crippen LogP contribution is -2.40. The molecule has 0 radical (unpaired) electrons. The van der Waals surface area contributed by atoms with Gasteiger partial charge < -0.3 is 0 Å². The Balaban J connectivity index is 1.29. The standard InChI is InChI=1S/C48H32/c1-3-17-33-31(14-1)16-13-27-40(33)47-41-23-9-11-25-43(41)48(44-26-12-10-24-42(44)47)45-29-28-39(36-20-6-7-21-37(36)45)46-30-32-15-2-4-18-34(32)35-19-5-8-22-38(35)46/h1-30,41,43H. The smallest absolute Gasteiger partial charge is 0.0137 e. The second kappa shape index (κ2) is 10.8. The zero-order chi connectivity index (χ0) is 31.6. The third-order valence-corrected chi connectivity index (χ3v) is 10.7. The van der Waals surface area contributed by atoms with E-state index in [0.717, 1.165) is 0 Å². The van der Waals surface area contributed by atoms with Gasteiger partial charge >= 0.3 is 0 Å². The zero-order valence-corrected chi connectivity index (χ0v) is 26.5. The van der Waals surface area contributed by atoms with Crippen molar-refractivity contribution in [1.29, 1.82) is 0 Å². The molecule has 0 N–H and O–H groups in total. The number of fused-ring (bicyclic) bond motifs is 7. The van der Waals surface area contributed by atoms with Gasteiger partial charge in [0.2, 0.25) is 0 Å². The molecule has 0 aromatic heterocycles. The molecule has 10 rings (SSSR count). The molecule has 0 heteroatoms. The molecule has 0 amide bonds. The SMILES string of the molecule is C1=CC2C(c3cccc4ccccc34)=c3ccccc3=C(c3ccc(-c4cc5ccccc5c5ccccc45)c4ccccc34)C2C=C1. The highest BCUT2D eigenvalue weighted by molar-refractivity contribution is 6.17. The molecule has 0 nitrogen and oxygen atoms in total. The largest absolute Gasteiger partial charge is 0.0760 e. The minimum Gasteiger partial charge on any atom is -0.0760 e. The van der Waals surface area contributed by atoms with Crippen LogP contribution in [0.3, 0.4) is 0 Å². The molecular weight excluding hydrogens is 577 g/mol. The van der Waals surface area contributed by atoms with Crippen LogP contribution in [-0.2, 0) is 0 Å². The number of rotatable bonds is 3. The predicted octanol–water partition coefficient (Wildman–Crippen LogP) is 10.7. The van der Waals surface area contributed by atoms with Crippen LogP contribution in [0.15, 0.2) is 182 Å². The van der Waals surface area contributed by atoms with E-state index in [-0.39, 0.29) is 11.8 Å². The normalized spacial score (nSPS) is 16.9. The summed E-state index contributed by atoms with van der Waals surface area (Å²) in [5.41, 5.74) is 8.04. The van der Waals surface area contributed by atoms with Crippen molar-refractivity contribution in [3.63, 3.8) is 0 Å². The van der Waals surface area contributed by atoms with E-state index in [1.165, 1.54) is 86.9 Å². The van der Waals surface area contributed by atoms with E-state index in [4.69, 9.17) is 0 Å². The van der Waals surface area contributed by atoms with Crippen LogP contribution in [0.2, 0.25) is 0 Å². The molecule has 0 spiro atoms. The fourth-order valence-corrected chi connectivity index (χ4v) is 8.63. The highest BCUT2D eigenvalue weighted by Crippen LogP contribution is 2.45. The zero-order valence-electron chi connectivity index (χ0n) is 26.5. The molecule has 0 fully saturated rings. The van der Waals surface area contributed by atoms with Crippen molar-refractivity contribution in [2.24, 2.45) is 11.8 Å². The minimum atomic E-state index is 0.217. The molecule has 0 saturated carbocycles. The van der Waals surface area contributed by atoms with Crippen LogP contribution < -0.4 is 10.4 Å². The fourth-order valence-electron chi connectivity index (χ4n) is 8.63. The van der Waals surface area contributed by atoms with Gasteiger partial charge in [0.15, 0.2) is 0 Å². The Labute approximate surface area is 279 Å². The first kappa shape index (κ1) is 27.2. The van der Waals surface area contributed by atoms with Gasteiger partial charge in [-0.25, -0.2) is 0 Å². The van der Waals surface area contributed by atoms with Crippen LogP contribution in [-0.4, -0.2) is 0 Å². The highest BCUT2D eigenvalue weighted by Gasteiger charge is 2.33. The quantitative estimate of drug-likeness (QED) is 0.175. The van der Waals surface area contributed by atoms with Crippen LogP contribution in [0, 0.1) is 11.8 Å². The lowest BCUT2D eigenvalue weighted by atomic mass is 9.69. The molecular formula is C48H32. The minimum absolute atomic E-state index is 0.217. The van der Waals surface area contributed by atoms with Gasteiger partial charge in [0.1, 0.15) is 0 Å². The summed E-state index contributed by atoms with van der Waals surface area (Å²) in [5, 5.41) is 13.0. The van der Waals surface area contributed by atoms with Gasteiger partial charge in [-0.05, 0) is 93.0 Å². The first-order chi connectivity index (χ1) is 23.8. The number of benzene rings is 8. The number of hydrogen-bond acceptors (Lipinski definition) is 0.